The van der Waals surface area contributed by atoms with E-state index in [1.807, 2.05) is 41.1 Å². The molecule has 0 spiro atoms. The van der Waals surface area contributed by atoms with E-state index in [4.69, 9.17) is 0 Å². The number of fused-ring (bicyclic) bond motifs is 1. The number of rotatable bonds is 4. The molecule has 126 valence electrons. The molecule has 1 aromatic heterocycles. The van der Waals surface area contributed by atoms with Crippen molar-refractivity contribution in [3.63, 3.8) is 0 Å². The number of anilines is 1. The zero-order valence-electron chi connectivity index (χ0n) is 14.3. The van der Waals surface area contributed by atoms with E-state index in [0.717, 1.165) is 17.9 Å². The number of nitrogens with zero attached hydrogens (tertiary/aromatic N) is 2. The molecule has 1 aliphatic rings. The van der Waals surface area contributed by atoms with Gasteiger partial charge in [0, 0.05) is 23.6 Å². The van der Waals surface area contributed by atoms with Gasteiger partial charge in [0.15, 0.2) is 5.82 Å². The summed E-state index contributed by atoms with van der Waals surface area (Å²) in [5.41, 5.74) is 4.78. The van der Waals surface area contributed by atoms with Crippen LogP contribution in [0.5, 0.6) is 0 Å². The van der Waals surface area contributed by atoms with Crippen molar-refractivity contribution in [2.24, 2.45) is 0 Å². The first kappa shape index (κ1) is 15.6. The predicted octanol–water partition coefficient (Wildman–Crippen LogP) is 3.91. The number of carbonyl (C=O) groups is 1. The summed E-state index contributed by atoms with van der Waals surface area (Å²) in [4.78, 5) is 12.1. The lowest BCUT2D eigenvalue weighted by Gasteiger charge is -2.22. The van der Waals surface area contributed by atoms with Crippen LogP contribution in [0.1, 0.15) is 34.7 Å². The van der Waals surface area contributed by atoms with Crippen LogP contribution in [0.2, 0.25) is 0 Å². The maximum atomic E-state index is 12.1. The Morgan fingerprint density at radius 2 is 1.68 bits per heavy atom. The van der Waals surface area contributed by atoms with E-state index < -0.39 is 0 Å². The highest BCUT2D eigenvalue weighted by Crippen LogP contribution is 2.36. The number of carbonyl (C=O) groups excluding carboxylic acids is 1. The number of amides is 1. The molecule has 4 heteroatoms. The summed E-state index contributed by atoms with van der Waals surface area (Å²) in [5.74, 6) is 0.957. The summed E-state index contributed by atoms with van der Waals surface area (Å²) in [6.07, 6.45) is 1.37. The fraction of sp³-hybridized carbons (Fsp3) is 0.238. The summed E-state index contributed by atoms with van der Waals surface area (Å²) >= 11 is 0. The molecule has 0 unspecified atom stereocenters. The molecule has 0 saturated heterocycles. The maximum Gasteiger partial charge on any atom is 0.226 e. The second-order valence-electron chi connectivity index (χ2n) is 6.63. The van der Waals surface area contributed by atoms with Crippen LogP contribution in [0.25, 0.3) is 0 Å². The van der Waals surface area contributed by atoms with Gasteiger partial charge in [-0.1, -0.05) is 60.7 Å². The Hall–Kier alpha value is -2.88. The number of hydrogen-bond donors (Lipinski definition) is 1. The summed E-state index contributed by atoms with van der Waals surface area (Å²) in [6.45, 7) is 2.82. The zero-order chi connectivity index (χ0) is 17.2. The first-order chi connectivity index (χ1) is 12.2. The second-order valence-corrected chi connectivity index (χ2v) is 6.63. The van der Waals surface area contributed by atoms with Gasteiger partial charge in [-0.05, 0) is 24.5 Å². The molecule has 0 bridgehead atoms. The lowest BCUT2D eigenvalue weighted by molar-refractivity contribution is -0.116. The quantitative estimate of drug-likeness (QED) is 0.788. The Kier molecular flexibility index (Phi) is 4.10. The average Bonchev–Trinajstić information content (AvgIpc) is 2.92. The largest absolute Gasteiger partial charge is 0.309 e. The van der Waals surface area contributed by atoms with E-state index in [-0.39, 0.29) is 11.8 Å². The van der Waals surface area contributed by atoms with Gasteiger partial charge in [-0.3, -0.25) is 9.48 Å². The third-order valence-electron chi connectivity index (χ3n) is 4.85. The zero-order valence-corrected chi connectivity index (χ0v) is 14.3. The predicted molar refractivity (Wildman–Crippen MR) is 98.6 cm³/mol. The van der Waals surface area contributed by atoms with Crippen molar-refractivity contribution in [1.82, 2.24) is 9.78 Å². The van der Waals surface area contributed by atoms with Gasteiger partial charge < -0.3 is 5.32 Å². The molecular formula is C21H21N3O. The highest BCUT2D eigenvalue weighted by Gasteiger charge is 2.30. The molecule has 0 saturated carbocycles. The van der Waals surface area contributed by atoms with E-state index in [9.17, 15) is 4.79 Å². The number of aromatic nitrogens is 2. The smallest absolute Gasteiger partial charge is 0.226 e. The fourth-order valence-electron chi connectivity index (χ4n) is 3.63. The van der Waals surface area contributed by atoms with Crippen molar-refractivity contribution in [2.75, 3.05) is 5.32 Å². The van der Waals surface area contributed by atoms with E-state index >= 15 is 0 Å². The van der Waals surface area contributed by atoms with Crippen molar-refractivity contribution in [3.05, 3.63) is 83.0 Å². The van der Waals surface area contributed by atoms with E-state index in [1.54, 1.807) is 0 Å². The third kappa shape index (κ3) is 3.20. The molecule has 25 heavy (non-hydrogen) atoms. The molecule has 4 rings (SSSR count). The Labute approximate surface area is 147 Å². The van der Waals surface area contributed by atoms with Crippen molar-refractivity contribution in [3.8, 4) is 0 Å². The molecule has 1 aliphatic heterocycles. The molecule has 1 amide bonds. The molecule has 1 N–H and O–H groups in total. The summed E-state index contributed by atoms with van der Waals surface area (Å²) < 4.78 is 2.00. The fourth-order valence-corrected chi connectivity index (χ4v) is 3.63. The Balaban J connectivity index is 1.67. The van der Waals surface area contributed by atoms with Crippen molar-refractivity contribution < 1.29 is 4.79 Å². The Bertz CT molecular complexity index is 884. The highest BCUT2D eigenvalue weighted by atomic mass is 16.1. The molecule has 0 aliphatic carbocycles. The minimum absolute atomic E-state index is 0.0535. The molecule has 0 radical (unpaired) electrons. The molecule has 1 atom stereocenters. The van der Waals surface area contributed by atoms with Crippen LogP contribution < -0.4 is 5.32 Å². The first-order valence-corrected chi connectivity index (χ1v) is 8.65. The molecule has 0 fully saturated rings. The van der Waals surface area contributed by atoms with Crippen LogP contribution in [-0.2, 0) is 17.8 Å². The van der Waals surface area contributed by atoms with Gasteiger partial charge in [0.1, 0.15) is 0 Å². The first-order valence-electron chi connectivity index (χ1n) is 8.65. The number of nitrogens with one attached hydrogen (secondary N) is 1. The Morgan fingerprint density at radius 1 is 1.04 bits per heavy atom. The lowest BCUT2D eigenvalue weighted by atomic mass is 9.86. The molecule has 3 aromatic rings. The average molecular weight is 331 g/mol. The standard InChI is InChI=1S/C21H21N3O/c1-15-20-18(12-16-8-4-2-5-9-16)13-19(25)22-21(20)23-24(15)14-17-10-6-3-7-11-17/h2-11,18H,12-14H2,1H3,(H,22,23,25)/t18-/m0/s1. The van der Waals surface area contributed by atoms with Crippen LogP contribution in [0, 0.1) is 6.92 Å². The van der Waals surface area contributed by atoms with Gasteiger partial charge in [-0.2, -0.15) is 5.10 Å². The number of benzene rings is 2. The molecular weight excluding hydrogens is 310 g/mol. The second kappa shape index (κ2) is 6.55. The van der Waals surface area contributed by atoms with E-state index in [0.29, 0.717) is 13.0 Å². The van der Waals surface area contributed by atoms with Crippen LogP contribution >= 0.6 is 0 Å². The minimum atomic E-state index is 0.0535. The van der Waals surface area contributed by atoms with Gasteiger partial charge in [-0.25, -0.2) is 0 Å². The minimum Gasteiger partial charge on any atom is -0.309 e. The lowest BCUT2D eigenvalue weighted by Crippen LogP contribution is -2.24. The van der Waals surface area contributed by atoms with Crippen LogP contribution in [-0.4, -0.2) is 15.7 Å². The van der Waals surface area contributed by atoms with Crippen LogP contribution in [0.3, 0.4) is 0 Å². The molecule has 4 nitrogen and oxygen atoms in total. The summed E-state index contributed by atoms with van der Waals surface area (Å²) in [6, 6.07) is 20.6. The molecule has 2 aromatic carbocycles. The SMILES string of the molecule is Cc1c2c(nn1Cc1ccccc1)NC(=O)C[C@@H]2Cc1ccccc1. The van der Waals surface area contributed by atoms with Gasteiger partial charge in [-0.15, -0.1) is 0 Å². The van der Waals surface area contributed by atoms with Crippen LogP contribution in [0.15, 0.2) is 60.7 Å². The van der Waals surface area contributed by atoms with Gasteiger partial charge in [0.25, 0.3) is 0 Å². The monoisotopic (exact) mass is 331 g/mol. The highest BCUT2D eigenvalue weighted by molar-refractivity contribution is 5.93. The molecule has 2 heterocycles. The van der Waals surface area contributed by atoms with Crippen LogP contribution in [0.4, 0.5) is 5.82 Å². The topological polar surface area (TPSA) is 46.9 Å². The maximum absolute atomic E-state index is 12.1. The van der Waals surface area contributed by atoms with Gasteiger partial charge in [0.2, 0.25) is 5.91 Å². The van der Waals surface area contributed by atoms with E-state index in [1.165, 1.54) is 16.7 Å². The number of hydrogen-bond acceptors (Lipinski definition) is 2. The summed E-state index contributed by atoms with van der Waals surface area (Å²) in [5, 5.41) is 7.62. The van der Waals surface area contributed by atoms with E-state index in [2.05, 4.69) is 41.6 Å². The van der Waals surface area contributed by atoms with Crippen molar-refractivity contribution in [1.29, 1.82) is 0 Å². The van der Waals surface area contributed by atoms with Crippen molar-refractivity contribution >= 4 is 11.7 Å². The normalized spacial score (nSPS) is 16.4. The summed E-state index contributed by atoms with van der Waals surface area (Å²) in [7, 11) is 0. The van der Waals surface area contributed by atoms with Gasteiger partial charge in [0.05, 0.1) is 6.54 Å². The van der Waals surface area contributed by atoms with Crippen molar-refractivity contribution in [2.45, 2.75) is 32.2 Å². The third-order valence-corrected chi connectivity index (χ3v) is 4.85. The Morgan fingerprint density at radius 3 is 2.36 bits per heavy atom. The van der Waals surface area contributed by atoms with Gasteiger partial charge >= 0.3 is 0 Å².